The fourth-order valence-corrected chi connectivity index (χ4v) is 4.93. The summed E-state index contributed by atoms with van der Waals surface area (Å²) >= 11 is 0. The number of carbonyl (C=O) groups is 1. The molecule has 2 N–H and O–H groups in total. The molecule has 3 rings (SSSR count). The molecule has 0 spiro atoms. The molecule has 1 aromatic heterocycles. The Balaban J connectivity index is 1.90. The van der Waals surface area contributed by atoms with Crippen molar-refractivity contribution in [3.05, 3.63) is 18.3 Å². The third kappa shape index (κ3) is 3.18. The highest BCUT2D eigenvalue weighted by molar-refractivity contribution is 7.89. The third-order valence-corrected chi connectivity index (χ3v) is 6.49. The maximum Gasteiger partial charge on any atom is 0.246 e. The van der Waals surface area contributed by atoms with E-state index in [0.717, 1.165) is 19.3 Å². The fourth-order valence-electron chi connectivity index (χ4n) is 3.25. The Kier molecular flexibility index (Phi) is 4.54. The maximum absolute atomic E-state index is 12.9. The van der Waals surface area contributed by atoms with Crippen molar-refractivity contribution in [1.29, 1.82) is 0 Å². The lowest BCUT2D eigenvalue weighted by molar-refractivity contribution is -0.121. The van der Waals surface area contributed by atoms with Crippen LogP contribution in [0.3, 0.4) is 0 Å². The molecule has 0 bridgehead atoms. The molecule has 2 aliphatic heterocycles. The van der Waals surface area contributed by atoms with E-state index in [2.05, 4.69) is 4.98 Å². The van der Waals surface area contributed by atoms with E-state index in [1.165, 1.54) is 0 Å². The molecule has 3 heterocycles. The van der Waals surface area contributed by atoms with Crippen molar-refractivity contribution in [2.24, 2.45) is 11.7 Å². The molecule has 7 nitrogen and oxygen atoms in total. The Morgan fingerprint density at radius 3 is 2.61 bits per heavy atom. The number of amides is 1. The van der Waals surface area contributed by atoms with E-state index in [0.29, 0.717) is 38.4 Å². The smallest absolute Gasteiger partial charge is 0.246 e. The lowest BCUT2D eigenvalue weighted by Crippen LogP contribution is -2.37. The maximum atomic E-state index is 12.9. The number of aromatic nitrogens is 1. The normalized spacial score (nSPS) is 23.1. The van der Waals surface area contributed by atoms with Crippen LogP contribution in [0.2, 0.25) is 0 Å². The molecule has 0 aliphatic carbocycles. The molecule has 0 saturated carbocycles. The molecule has 0 aromatic carbocycles. The monoisotopic (exact) mass is 338 g/mol. The Labute approximate surface area is 136 Å². The van der Waals surface area contributed by atoms with Gasteiger partial charge in [0.25, 0.3) is 0 Å². The van der Waals surface area contributed by atoms with Crippen molar-refractivity contribution in [2.45, 2.75) is 30.6 Å². The predicted octanol–water partition coefficient (Wildman–Crippen LogP) is 0.568. The zero-order valence-corrected chi connectivity index (χ0v) is 13.8. The molecule has 2 aliphatic rings. The average molecular weight is 338 g/mol. The van der Waals surface area contributed by atoms with Gasteiger partial charge in [0.1, 0.15) is 10.7 Å². The third-order valence-electron chi connectivity index (χ3n) is 4.57. The minimum absolute atomic E-state index is 0.229. The number of pyridine rings is 1. The Morgan fingerprint density at radius 2 is 1.96 bits per heavy atom. The van der Waals surface area contributed by atoms with Gasteiger partial charge in [-0.3, -0.25) is 4.79 Å². The van der Waals surface area contributed by atoms with Gasteiger partial charge in [-0.2, -0.15) is 4.31 Å². The van der Waals surface area contributed by atoms with Crippen LogP contribution in [-0.4, -0.2) is 49.8 Å². The molecule has 1 amide bonds. The van der Waals surface area contributed by atoms with Gasteiger partial charge in [0.15, 0.2) is 0 Å². The molecule has 2 saturated heterocycles. The summed E-state index contributed by atoms with van der Waals surface area (Å²) in [6.45, 7) is 2.13. The average Bonchev–Trinajstić information content (AvgIpc) is 3.06. The number of primary amides is 1. The zero-order chi connectivity index (χ0) is 16.4. The number of rotatable bonds is 4. The topological polar surface area (TPSA) is 96.6 Å². The molecule has 23 heavy (non-hydrogen) atoms. The van der Waals surface area contributed by atoms with Gasteiger partial charge >= 0.3 is 0 Å². The molecule has 1 aromatic rings. The molecule has 1 atom stereocenters. The lowest BCUT2D eigenvalue weighted by Gasteiger charge is -2.28. The van der Waals surface area contributed by atoms with E-state index in [9.17, 15) is 13.2 Å². The van der Waals surface area contributed by atoms with Crippen LogP contribution in [0, 0.1) is 5.92 Å². The summed E-state index contributed by atoms with van der Waals surface area (Å²) in [4.78, 5) is 17.7. The molecule has 2 fully saturated rings. The van der Waals surface area contributed by atoms with Crippen molar-refractivity contribution >= 4 is 21.7 Å². The minimum Gasteiger partial charge on any atom is -0.369 e. The summed E-state index contributed by atoms with van der Waals surface area (Å²) in [7, 11) is -3.55. The quantitative estimate of drug-likeness (QED) is 0.865. The van der Waals surface area contributed by atoms with Gasteiger partial charge in [-0.15, -0.1) is 0 Å². The van der Waals surface area contributed by atoms with Gasteiger partial charge in [0, 0.05) is 32.4 Å². The highest BCUT2D eigenvalue weighted by atomic mass is 32.2. The van der Waals surface area contributed by atoms with Crippen molar-refractivity contribution < 1.29 is 13.2 Å². The van der Waals surface area contributed by atoms with E-state index >= 15 is 0 Å². The van der Waals surface area contributed by atoms with E-state index < -0.39 is 10.0 Å². The van der Waals surface area contributed by atoms with Crippen LogP contribution in [0.15, 0.2) is 23.2 Å². The van der Waals surface area contributed by atoms with E-state index in [4.69, 9.17) is 5.73 Å². The molecule has 0 radical (unpaired) electrons. The Morgan fingerprint density at radius 1 is 1.22 bits per heavy atom. The van der Waals surface area contributed by atoms with E-state index in [-0.39, 0.29) is 16.7 Å². The van der Waals surface area contributed by atoms with Gasteiger partial charge in [-0.1, -0.05) is 6.42 Å². The van der Waals surface area contributed by atoms with Gasteiger partial charge in [0.2, 0.25) is 15.9 Å². The van der Waals surface area contributed by atoms with Crippen LogP contribution < -0.4 is 10.6 Å². The van der Waals surface area contributed by atoms with Crippen molar-refractivity contribution in [3.8, 4) is 0 Å². The lowest BCUT2D eigenvalue weighted by atomic mass is 10.1. The molecular weight excluding hydrogens is 316 g/mol. The van der Waals surface area contributed by atoms with Crippen molar-refractivity contribution in [1.82, 2.24) is 9.29 Å². The van der Waals surface area contributed by atoms with Crippen molar-refractivity contribution in [2.75, 3.05) is 31.1 Å². The minimum atomic E-state index is -3.55. The number of piperidine rings is 1. The number of carbonyl (C=O) groups excluding carboxylic acids is 1. The van der Waals surface area contributed by atoms with E-state index in [1.54, 1.807) is 22.6 Å². The number of hydrogen-bond acceptors (Lipinski definition) is 5. The SMILES string of the molecule is NC(=O)[C@@H]1CCN(c2ncccc2S(=O)(=O)N2CCCCC2)C1. The van der Waals surface area contributed by atoms with Gasteiger partial charge in [0.05, 0.1) is 5.92 Å². The second kappa shape index (κ2) is 6.45. The summed E-state index contributed by atoms with van der Waals surface area (Å²) in [5.41, 5.74) is 5.37. The summed E-state index contributed by atoms with van der Waals surface area (Å²) in [5.74, 6) is -0.159. The second-order valence-corrected chi connectivity index (χ2v) is 8.03. The van der Waals surface area contributed by atoms with Gasteiger partial charge < -0.3 is 10.6 Å². The first-order chi connectivity index (χ1) is 11.0. The van der Waals surface area contributed by atoms with Crippen molar-refractivity contribution in [3.63, 3.8) is 0 Å². The Bertz CT molecular complexity index is 686. The number of nitrogens with zero attached hydrogens (tertiary/aromatic N) is 3. The fraction of sp³-hybridized carbons (Fsp3) is 0.600. The summed E-state index contributed by atoms with van der Waals surface area (Å²) < 4.78 is 27.4. The van der Waals surface area contributed by atoms with Crippen LogP contribution in [0.1, 0.15) is 25.7 Å². The number of hydrogen-bond donors (Lipinski definition) is 1. The largest absolute Gasteiger partial charge is 0.369 e. The van der Waals surface area contributed by atoms with Crippen LogP contribution >= 0.6 is 0 Å². The van der Waals surface area contributed by atoms with Crippen LogP contribution in [0.25, 0.3) is 0 Å². The number of anilines is 1. The molecular formula is C15H22N4O3S. The van der Waals surface area contributed by atoms with Crippen LogP contribution in [-0.2, 0) is 14.8 Å². The number of nitrogens with two attached hydrogens (primary N) is 1. The van der Waals surface area contributed by atoms with Crippen LogP contribution in [0.4, 0.5) is 5.82 Å². The summed E-state index contributed by atoms with van der Waals surface area (Å²) in [6.07, 6.45) is 5.07. The summed E-state index contributed by atoms with van der Waals surface area (Å²) in [6, 6.07) is 3.24. The molecule has 8 heteroatoms. The second-order valence-electron chi connectivity index (χ2n) is 6.12. The summed E-state index contributed by atoms with van der Waals surface area (Å²) in [5, 5.41) is 0. The zero-order valence-electron chi connectivity index (χ0n) is 13.0. The first kappa shape index (κ1) is 16.2. The first-order valence-electron chi connectivity index (χ1n) is 7.99. The predicted molar refractivity (Wildman–Crippen MR) is 86.4 cm³/mol. The standard InChI is InChI=1S/C15H22N4O3S/c16-14(20)12-6-10-18(11-12)15-13(5-4-7-17-15)23(21,22)19-8-2-1-3-9-19/h4-5,7,12H,1-3,6,8-11H2,(H2,16,20)/t12-/m1/s1. The highest BCUT2D eigenvalue weighted by Gasteiger charge is 2.34. The first-order valence-corrected chi connectivity index (χ1v) is 9.43. The van der Waals surface area contributed by atoms with Gasteiger partial charge in [-0.05, 0) is 31.4 Å². The van der Waals surface area contributed by atoms with Gasteiger partial charge in [-0.25, -0.2) is 13.4 Å². The van der Waals surface area contributed by atoms with Crippen LogP contribution in [0.5, 0.6) is 0 Å². The van der Waals surface area contributed by atoms with E-state index in [1.807, 2.05) is 4.90 Å². The molecule has 0 unspecified atom stereocenters. The molecule has 126 valence electrons. The Hall–Kier alpha value is -1.67. The highest BCUT2D eigenvalue weighted by Crippen LogP contribution is 2.30. The number of sulfonamides is 1.